The van der Waals surface area contributed by atoms with Gasteiger partial charge in [0, 0.05) is 53.3 Å². The van der Waals surface area contributed by atoms with Crippen LogP contribution in [0.1, 0.15) is 73.9 Å². The van der Waals surface area contributed by atoms with Crippen molar-refractivity contribution in [1.82, 2.24) is 0 Å². The van der Waals surface area contributed by atoms with Crippen molar-refractivity contribution in [2.45, 2.75) is 72.3 Å². The Bertz CT molecular complexity index is 1260. The number of benzene rings is 2. The zero-order chi connectivity index (χ0) is 30.6. The Labute approximate surface area is 251 Å². The summed E-state index contributed by atoms with van der Waals surface area (Å²) >= 11 is 7.19. The maximum atomic E-state index is 13.1. The fourth-order valence-corrected chi connectivity index (χ4v) is 5.21. The second kappa shape index (κ2) is 16.5. The van der Waals surface area contributed by atoms with Gasteiger partial charge in [-0.15, -0.1) is 11.3 Å². The Morgan fingerprint density at radius 3 is 2.32 bits per heavy atom. The van der Waals surface area contributed by atoms with Crippen molar-refractivity contribution >= 4 is 46.4 Å². The van der Waals surface area contributed by atoms with E-state index in [2.05, 4.69) is 24.5 Å². The van der Waals surface area contributed by atoms with Crippen molar-refractivity contribution in [2.24, 2.45) is 5.92 Å². The Hall–Kier alpha value is -2.97. The van der Waals surface area contributed by atoms with Crippen molar-refractivity contribution in [3.05, 3.63) is 74.4 Å². The minimum atomic E-state index is -2.69. The van der Waals surface area contributed by atoms with Crippen LogP contribution in [-0.2, 0) is 21.9 Å². The number of halogens is 3. The lowest BCUT2D eigenvalue weighted by Crippen LogP contribution is -2.18. The summed E-state index contributed by atoms with van der Waals surface area (Å²) in [6, 6.07) is 14.0. The number of alkyl halides is 2. The number of hydrogen-bond acceptors (Lipinski definition) is 6. The van der Waals surface area contributed by atoms with Crippen LogP contribution in [0.5, 0.6) is 5.75 Å². The van der Waals surface area contributed by atoms with Gasteiger partial charge in [0.05, 0.1) is 12.0 Å². The summed E-state index contributed by atoms with van der Waals surface area (Å²) in [7, 11) is 1.59. The van der Waals surface area contributed by atoms with Gasteiger partial charge in [-0.25, -0.2) is 8.78 Å². The predicted molar refractivity (Wildman–Crippen MR) is 167 cm³/mol. The molecule has 1 unspecified atom stereocenters. The summed E-state index contributed by atoms with van der Waals surface area (Å²) in [5, 5.41) is 7.15. The van der Waals surface area contributed by atoms with Gasteiger partial charge in [0.2, 0.25) is 0 Å². The SMILES string of the molecule is COc1cc(NCCCC=O)cc(NC(C(C)=O)c2ccc(Cl)cc2)c1.Cc1cc(C(C)(F)F)sc1CCC(C)C. The van der Waals surface area contributed by atoms with E-state index in [9.17, 15) is 18.4 Å². The molecule has 0 amide bonds. The van der Waals surface area contributed by atoms with E-state index < -0.39 is 12.0 Å². The molecule has 0 aliphatic rings. The summed E-state index contributed by atoms with van der Waals surface area (Å²) in [4.78, 5) is 23.9. The number of methoxy groups -OCH3 is 1. The molecular formula is C32H41ClF2N2O3S. The van der Waals surface area contributed by atoms with Crippen LogP contribution >= 0.6 is 22.9 Å². The first-order chi connectivity index (χ1) is 19.3. The summed E-state index contributed by atoms with van der Waals surface area (Å²) in [5.41, 5.74) is 3.47. The van der Waals surface area contributed by atoms with Gasteiger partial charge in [-0.05, 0) is 74.4 Å². The van der Waals surface area contributed by atoms with Crippen LogP contribution in [-0.4, -0.2) is 25.7 Å². The van der Waals surface area contributed by atoms with Crippen LogP contribution in [0.4, 0.5) is 20.2 Å². The molecule has 1 aromatic heterocycles. The van der Waals surface area contributed by atoms with E-state index in [1.165, 1.54) is 11.3 Å². The first kappa shape index (κ1) is 34.2. The predicted octanol–water partition coefficient (Wildman–Crippen LogP) is 9.24. The van der Waals surface area contributed by atoms with Gasteiger partial charge in [0.25, 0.3) is 5.92 Å². The van der Waals surface area contributed by atoms with Gasteiger partial charge >= 0.3 is 0 Å². The van der Waals surface area contributed by atoms with E-state index in [1.54, 1.807) is 32.2 Å². The zero-order valence-corrected chi connectivity index (χ0v) is 26.2. The maximum Gasteiger partial charge on any atom is 0.279 e. The number of unbranched alkanes of at least 4 members (excludes halogenated alkanes) is 1. The van der Waals surface area contributed by atoms with Gasteiger partial charge in [-0.1, -0.05) is 37.6 Å². The lowest BCUT2D eigenvalue weighted by Gasteiger charge is -2.19. The number of thiophene rings is 1. The fraction of sp³-hybridized carbons (Fsp3) is 0.438. The average Bonchev–Trinajstić information content (AvgIpc) is 3.30. The lowest BCUT2D eigenvalue weighted by molar-refractivity contribution is -0.117. The minimum absolute atomic E-state index is 0.00404. The van der Waals surface area contributed by atoms with E-state index in [0.29, 0.717) is 29.7 Å². The molecule has 2 aromatic carbocycles. The van der Waals surface area contributed by atoms with Gasteiger partial charge < -0.3 is 20.2 Å². The quantitative estimate of drug-likeness (QED) is 0.141. The summed E-state index contributed by atoms with van der Waals surface area (Å²) < 4.78 is 31.5. The molecule has 224 valence electrons. The molecule has 0 aliphatic heterocycles. The molecule has 0 radical (unpaired) electrons. The van der Waals surface area contributed by atoms with E-state index in [0.717, 1.165) is 59.9 Å². The Balaban J connectivity index is 0.000000333. The van der Waals surface area contributed by atoms with E-state index in [-0.39, 0.29) is 10.7 Å². The molecule has 41 heavy (non-hydrogen) atoms. The molecule has 0 saturated carbocycles. The molecule has 1 heterocycles. The van der Waals surface area contributed by atoms with Crippen LogP contribution in [0.2, 0.25) is 5.02 Å². The fourth-order valence-electron chi connectivity index (χ4n) is 3.97. The van der Waals surface area contributed by atoms with Crippen LogP contribution in [0.3, 0.4) is 0 Å². The monoisotopic (exact) mass is 606 g/mol. The number of carbonyl (C=O) groups excluding carboxylic acids is 2. The molecule has 2 N–H and O–H groups in total. The largest absolute Gasteiger partial charge is 0.497 e. The Morgan fingerprint density at radius 1 is 1.12 bits per heavy atom. The van der Waals surface area contributed by atoms with E-state index in [4.69, 9.17) is 16.3 Å². The van der Waals surface area contributed by atoms with Crippen LogP contribution in [0.25, 0.3) is 0 Å². The highest BCUT2D eigenvalue weighted by molar-refractivity contribution is 7.12. The van der Waals surface area contributed by atoms with E-state index in [1.807, 2.05) is 37.3 Å². The number of nitrogens with one attached hydrogen (secondary N) is 2. The number of ether oxygens (including phenoxy) is 1. The third-order valence-electron chi connectivity index (χ3n) is 6.29. The Morgan fingerprint density at radius 2 is 1.78 bits per heavy atom. The number of aryl methyl sites for hydroxylation is 2. The molecule has 3 aromatic rings. The molecule has 0 spiro atoms. The second-order valence-corrected chi connectivity index (χ2v) is 12.0. The normalized spacial score (nSPS) is 11.9. The summed E-state index contributed by atoms with van der Waals surface area (Å²) in [6.07, 6.45) is 4.17. The number of carbonyl (C=O) groups is 2. The molecule has 9 heteroatoms. The lowest BCUT2D eigenvalue weighted by atomic mass is 10.0. The van der Waals surface area contributed by atoms with Crippen LogP contribution in [0.15, 0.2) is 48.5 Å². The maximum absolute atomic E-state index is 13.1. The molecule has 0 fully saturated rings. The van der Waals surface area contributed by atoms with Crippen molar-refractivity contribution in [2.75, 3.05) is 24.3 Å². The number of Topliss-reactive ketones (excluding diaryl/α,β-unsaturated/α-hetero) is 1. The molecule has 5 nitrogen and oxygen atoms in total. The minimum Gasteiger partial charge on any atom is -0.497 e. The van der Waals surface area contributed by atoms with Crippen molar-refractivity contribution in [3.63, 3.8) is 0 Å². The standard InChI is InChI=1S/C20H23ClN2O3.C12H18F2S/c1-14(25)20(15-5-7-16(21)8-6-15)23-18-11-17(12-19(13-18)26-2)22-9-3-4-10-24;1-8(2)5-6-10-9(3)7-11(15-10)12(4,13)14/h5-8,10-13,20,22-23H,3-4,9H2,1-2H3;7-8H,5-6H2,1-4H3. The topological polar surface area (TPSA) is 67.4 Å². The molecular weight excluding hydrogens is 566 g/mol. The van der Waals surface area contributed by atoms with Crippen LogP contribution in [0, 0.1) is 12.8 Å². The van der Waals surface area contributed by atoms with Crippen molar-refractivity contribution in [3.8, 4) is 5.75 Å². The molecule has 1 atom stereocenters. The van der Waals surface area contributed by atoms with Crippen molar-refractivity contribution in [1.29, 1.82) is 0 Å². The number of hydrogen-bond donors (Lipinski definition) is 2. The summed E-state index contributed by atoms with van der Waals surface area (Å²) in [5.74, 6) is -1.40. The first-order valence-electron chi connectivity index (χ1n) is 13.7. The second-order valence-electron chi connectivity index (χ2n) is 10.5. The van der Waals surface area contributed by atoms with Gasteiger partial charge in [0.15, 0.2) is 5.78 Å². The van der Waals surface area contributed by atoms with Gasteiger partial charge in [-0.3, -0.25) is 4.79 Å². The third kappa shape index (κ3) is 11.8. The molecule has 0 aliphatic carbocycles. The van der Waals surface area contributed by atoms with Crippen LogP contribution < -0.4 is 15.4 Å². The zero-order valence-electron chi connectivity index (χ0n) is 24.7. The first-order valence-corrected chi connectivity index (χ1v) is 14.9. The number of aldehydes is 1. The molecule has 3 rings (SSSR count). The molecule has 0 saturated heterocycles. The number of rotatable bonds is 14. The van der Waals surface area contributed by atoms with Crippen molar-refractivity contribution < 1.29 is 23.1 Å². The highest BCUT2D eigenvalue weighted by Crippen LogP contribution is 2.36. The smallest absolute Gasteiger partial charge is 0.279 e. The summed E-state index contributed by atoms with van der Waals surface area (Å²) in [6.45, 7) is 9.41. The third-order valence-corrected chi connectivity index (χ3v) is 8.01. The van der Waals surface area contributed by atoms with Gasteiger partial charge in [0.1, 0.15) is 18.1 Å². The Kier molecular flexibility index (Phi) is 13.7. The number of anilines is 2. The average molecular weight is 607 g/mol. The highest BCUT2D eigenvalue weighted by Gasteiger charge is 2.27. The van der Waals surface area contributed by atoms with Gasteiger partial charge in [-0.2, -0.15) is 0 Å². The van der Waals surface area contributed by atoms with E-state index >= 15 is 0 Å². The highest BCUT2D eigenvalue weighted by atomic mass is 35.5. The molecule has 0 bridgehead atoms. The number of ketones is 1.